The standard InChI is InChI=1S/C19H25N3O3/c1-12(23)22-10-6-14(7-11-22)21-19(24)18-16-3-2-15(25-16)17(18)13-4-8-20-9-5-13/h4-5,8-9,14-18H,2-3,6-7,10-11H2,1H3,(H,21,24). The molecule has 0 aromatic carbocycles. The molecule has 0 saturated carbocycles. The lowest BCUT2D eigenvalue weighted by Crippen LogP contribution is -2.49. The predicted molar refractivity (Wildman–Crippen MR) is 91.8 cm³/mol. The quantitative estimate of drug-likeness (QED) is 0.902. The smallest absolute Gasteiger partial charge is 0.226 e. The van der Waals surface area contributed by atoms with E-state index in [0.29, 0.717) is 0 Å². The second kappa shape index (κ2) is 6.75. The Labute approximate surface area is 147 Å². The van der Waals surface area contributed by atoms with E-state index in [9.17, 15) is 9.59 Å². The van der Waals surface area contributed by atoms with Gasteiger partial charge >= 0.3 is 0 Å². The monoisotopic (exact) mass is 343 g/mol. The number of carbonyl (C=O) groups excluding carboxylic acids is 2. The minimum atomic E-state index is -0.119. The van der Waals surface area contributed by atoms with Crippen molar-refractivity contribution in [1.29, 1.82) is 0 Å². The van der Waals surface area contributed by atoms with Crippen molar-refractivity contribution < 1.29 is 14.3 Å². The number of rotatable bonds is 3. The molecule has 3 fully saturated rings. The number of hydrogen-bond donors (Lipinski definition) is 1. The van der Waals surface area contributed by atoms with Crippen molar-refractivity contribution in [2.75, 3.05) is 13.1 Å². The van der Waals surface area contributed by atoms with Gasteiger partial charge in [-0.05, 0) is 43.4 Å². The van der Waals surface area contributed by atoms with Gasteiger partial charge in [-0.1, -0.05) is 0 Å². The number of nitrogens with one attached hydrogen (secondary N) is 1. The van der Waals surface area contributed by atoms with Crippen LogP contribution in [0, 0.1) is 5.92 Å². The van der Waals surface area contributed by atoms with Crippen molar-refractivity contribution in [2.45, 2.75) is 56.8 Å². The number of amides is 2. The maximum absolute atomic E-state index is 13.0. The molecule has 4 heterocycles. The first-order chi connectivity index (χ1) is 12.1. The molecule has 1 aromatic heterocycles. The van der Waals surface area contributed by atoms with Crippen LogP contribution in [0.25, 0.3) is 0 Å². The molecule has 6 heteroatoms. The van der Waals surface area contributed by atoms with Crippen LogP contribution < -0.4 is 5.32 Å². The Balaban J connectivity index is 1.43. The van der Waals surface area contributed by atoms with Crippen LogP contribution in [0.3, 0.4) is 0 Å². The van der Waals surface area contributed by atoms with E-state index in [1.54, 1.807) is 19.3 Å². The Kier molecular flexibility index (Phi) is 4.46. The van der Waals surface area contributed by atoms with Gasteiger partial charge in [-0.3, -0.25) is 14.6 Å². The van der Waals surface area contributed by atoms with Gasteiger partial charge < -0.3 is 15.0 Å². The third-order valence-electron chi connectivity index (χ3n) is 5.95. The number of piperidine rings is 1. The summed E-state index contributed by atoms with van der Waals surface area (Å²) in [6, 6.07) is 4.15. The van der Waals surface area contributed by atoms with E-state index in [1.807, 2.05) is 17.0 Å². The number of pyridine rings is 1. The molecule has 2 bridgehead atoms. The molecule has 6 nitrogen and oxygen atoms in total. The van der Waals surface area contributed by atoms with Gasteiger partial charge in [0, 0.05) is 44.4 Å². The summed E-state index contributed by atoms with van der Waals surface area (Å²) in [5.41, 5.74) is 1.15. The van der Waals surface area contributed by atoms with Gasteiger partial charge in [0.05, 0.1) is 18.1 Å². The molecular formula is C19H25N3O3. The molecular weight excluding hydrogens is 318 g/mol. The van der Waals surface area contributed by atoms with Crippen molar-refractivity contribution in [3.05, 3.63) is 30.1 Å². The van der Waals surface area contributed by atoms with Gasteiger partial charge in [-0.2, -0.15) is 0 Å². The summed E-state index contributed by atoms with van der Waals surface area (Å²) in [6.07, 6.45) is 7.38. The first-order valence-electron chi connectivity index (χ1n) is 9.25. The molecule has 3 aliphatic heterocycles. The van der Waals surface area contributed by atoms with Gasteiger partial charge in [-0.15, -0.1) is 0 Å². The zero-order valence-electron chi connectivity index (χ0n) is 14.6. The fourth-order valence-corrected chi connectivity index (χ4v) is 4.66. The molecule has 2 amide bonds. The summed E-state index contributed by atoms with van der Waals surface area (Å²) in [5, 5.41) is 3.23. The van der Waals surface area contributed by atoms with Gasteiger partial charge in [0.2, 0.25) is 11.8 Å². The highest BCUT2D eigenvalue weighted by atomic mass is 16.5. The third kappa shape index (κ3) is 3.15. The third-order valence-corrected chi connectivity index (χ3v) is 5.95. The van der Waals surface area contributed by atoms with E-state index in [4.69, 9.17) is 4.74 Å². The maximum Gasteiger partial charge on any atom is 0.226 e. The minimum Gasteiger partial charge on any atom is -0.373 e. The molecule has 1 N–H and O–H groups in total. The van der Waals surface area contributed by atoms with Gasteiger partial charge in [-0.25, -0.2) is 0 Å². The Morgan fingerprint density at radius 3 is 2.48 bits per heavy atom. The highest BCUT2D eigenvalue weighted by Crippen LogP contribution is 2.48. The van der Waals surface area contributed by atoms with Crippen molar-refractivity contribution in [3.8, 4) is 0 Å². The lowest BCUT2D eigenvalue weighted by molar-refractivity contribution is -0.130. The van der Waals surface area contributed by atoms with E-state index in [-0.39, 0.29) is 41.9 Å². The van der Waals surface area contributed by atoms with Crippen LogP contribution in [0.1, 0.15) is 44.1 Å². The summed E-state index contributed by atoms with van der Waals surface area (Å²) in [7, 11) is 0. The lowest BCUT2D eigenvalue weighted by Gasteiger charge is -2.34. The molecule has 0 spiro atoms. The van der Waals surface area contributed by atoms with Crippen LogP contribution in [-0.2, 0) is 14.3 Å². The van der Waals surface area contributed by atoms with Crippen molar-refractivity contribution in [3.63, 3.8) is 0 Å². The molecule has 1 aromatic rings. The Morgan fingerprint density at radius 1 is 1.12 bits per heavy atom. The van der Waals surface area contributed by atoms with Crippen molar-refractivity contribution in [1.82, 2.24) is 15.2 Å². The number of aromatic nitrogens is 1. The lowest BCUT2D eigenvalue weighted by atomic mass is 9.75. The van der Waals surface area contributed by atoms with Crippen LogP contribution in [0.2, 0.25) is 0 Å². The average molecular weight is 343 g/mol. The molecule has 25 heavy (non-hydrogen) atoms. The van der Waals surface area contributed by atoms with Gasteiger partial charge in [0.1, 0.15) is 0 Å². The molecule has 134 valence electrons. The number of nitrogens with zero attached hydrogens (tertiary/aromatic N) is 2. The van der Waals surface area contributed by atoms with E-state index < -0.39 is 0 Å². The molecule has 4 unspecified atom stereocenters. The normalized spacial score (nSPS) is 32.0. The van der Waals surface area contributed by atoms with Crippen LogP contribution in [-0.4, -0.2) is 53.0 Å². The van der Waals surface area contributed by atoms with E-state index >= 15 is 0 Å². The molecule has 4 rings (SSSR count). The van der Waals surface area contributed by atoms with Gasteiger partial charge in [0.25, 0.3) is 0 Å². The van der Waals surface area contributed by atoms with Crippen molar-refractivity contribution in [2.24, 2.45) is 5.92 Å². The maximum atomic E-state index is 13.0. The largest absolute Gasteiger partial charge is 0.373 e. The van der Waals surface area contributed by atoms with Crippen LogP contribution in [0.4, 0.5) is 0 Å². The first-order valence-corrected chi connectivity index (χ1v) is 9.25. The average Bonchev–Trinajstić information content (AvgIpc) is 3.24. The molecule has 0 aliphatic carbocycles. The number of fused-ring (bicyclic) bond motifs is 2. The zero-order valence-corrected chi connectivity index (χ0v) is 14.6. The SMILES string of the molecule is CC(=O)N1CCC(NC(=O)C2C3CCC(O3)C2c2ccncc2)CC1. The number of likely N-dealkylation sites (tertiary alicyclic amines) is 1. The summed E-state index contributed by atoms with van der Waals surface area (Å²) in [6.45, 7) is 3.05. The topological polar surface area (TPSA) is 71.5 Å². The second-order valence-corrected chi connectivity index (χ2v) is 7.41. The molecule has 3 saturated heterocycles. The highest BCUT2D eigenvalue weighted by molar-refractivity contribution is 5.81. The zero-order chi connectivity index (χ0) is 17.4. The summed E-state index contributed by atoms with van der Waals surface area (Å²) < 4.78 is 6.08. The van der Waals surface area contributed by atoms with Crippen LogP contribution in [0.5, 0.6) is 0 Å². The fraction of sp³-hybridized carbons (Fsp3) is 0.632. The number of hydrogen-bond acceptors (Lipinski definition) is 4. The van der Waals surface area contributed by atoms with Crippen molar-refractivity contribution >= 4 is 11.8 Å². The fourth-order valence-electron chi connectivity index (χ4n) is 4.66. The molecule has 3 aliphatic rings. The summed E-state index contributed by atoms with van der Waals surface area (Å²) in [4.78, 5) is 30.4. The predicted octanol–water partition coefficient (Wildman–Crippen LogP) is 1.47. The summed E-state index contributed by atoms with van der Waals surface area (Å²) >= 11 is 0. The van der Waals surface area contributed by atoms with E-state index in [1.165, 1.54) is 0 Å². The Morgan fingerprint density at radius 2 is 1.80 bits per heavy atom. The highest BCUT2D eigenvalue weighted by Gasteiger charge is 2.52. The number of ether oxygens (including phenoxy) is 1. The van der Waals surface area contributed by atoms with E-state index in [0.717, 1.165) is 44.3 Å². The Bertz CT molecular complexity index is 643. The summed E-state index contributed by atoms with van der Waals surface area (Å²) in [5.74, 6) is 0.227. The Hall–Kier alpha value is -1.95. The first kappa shape index (κ1) is 16.5. The number of carbonyl (C=O) groups is 2. The van der Waals surface area contributed by atoms with E-state index in [2.05, 4.69) is 10.3 Å². The second-order valence-electron chi connectivity index (χ2n) is 7.41. The molecule has 0 radical (unpaired) electrons. The minimum absolute atomic E-state index is 0.0282. The van der Waals surface area contributed by atoms with Crippen LogP contribution in [0.15, 0.2) is 24.5 Å². The molecule has 4 atom stereocenters. The van der Waals surface area contributed by atoms with Crippen LogP contribution >= 0.6 is 0 Å². The van der Waals surface area contributed by atoms with Gasteiger partial charge in [0.15, 0.2) is 0 Å².